The van der Waals surface area contributed by atoms with E-state index in [0.717, 1.165) is 31.2 Å². The maximum Gasteiger partial charge on any atom is 0.157 e. The Labute approximate surface area is 83.8 Å². The van der Waals surface area contributed by atoms with E-state index in [4.69, 9.17) is 9.47 Å². The molecule has 3 heteroatoms. The second-order valence-corrected chi connectivity index (χ2v) is 3.51. The number of unbranched alkanes of at least 4 members (excludes halogenated alkanes) is 1. The van der Waals surface area contributed by atoms with Gasteiger partial charge in [0.2, 0.25) is 0 Å². The van der Waals surface area contributed by atoms with Gasteiger partial charge in [0.25, 0.3) is 0 Å². The van der Waals surface area contributed by atoms with Crippen molar-refractivity contribution in [2.45, 2.75) is 38.9 Å². The van der Waals surface area contributed by atoms with Crippen molar-refractivity contribution in [3.63, 3.8) is 0 Å². The number of ether oxygens (including phenoxy) is 2. The number of halogens is 1. The van der Waals surface area contributed by atoms with Crippen LogP contribution in [-0.2, 0) is 9.47 Å². The highest BCUT2D eigenvalue weighted by molar-refractivity contribution is 9.09. The quantitative estimate of drug-likeness (QED) is 0.368. The Morgan fingerprint density at radius 2 is 2.08 bits per heavy atom. The zero-order chi connectivity index (χ0) is 9.23. The summed E-state index contributed by atoms with van der Waals surface area (Å²) in [5.41, 5.74) is 0. The van der Waals surface area contributed by atoms with E-state index in [0.29, 0.717) is 0 Å². The molecule has 0 saturated carbocycles. The highest BCUT2D eigenvalue weighted by atomic mass is 79.9. The summed E-state index contributed by atoms with van der Waals surface area (Å²) >= 11 is 3.38. The minimum absolute atomic E-state index is 0.00493. The van der Waals surface area contributed by atoms with Crippen LogP contribution in [0.25, 0.3) is 0 Å². The van der Waals surface area contributed by atoms with Crippen LogP contribution in [0.2, 0.25) is 0 Å². The number of hydrogen-bond acceptors (Lipinski definition) is 2. The topological polar surface area (TPSA) is 18.5 Å². The van der Waals surface area contributed by atoms with Crippen LogP contribution in [0.15, 0.2) is 0 Å². The van der Waals surface area contributed by atoms with Crippen LogP contribution in [0.4, 0.5) is 0 Å². The molecule has 0 aromatic carbocycles. The first-order chi connectivity index (χ1) is 5.85. The van der Waals surface area contributed by atoms with Gasteiger partial charge < -0.3 is 9.47 Å². The van der Waals surface area contributed by atoms with E-state index in [1.807, 2.05) is 0 Å². The zero-order valence-corrected chi connectivity index (χ0v) is 9.60. The third kappa shape index (κ3) is 7.07. The predicted molar refractivity (Wildman–Crippen MR) is 54.7 cm³/mol. The molecular formula is C9H19BrO2. The summed E-state index contributed by atoms with van der Waals surface area (Å²) in [6.07, 6.45) is 4.38. The predicted octanol–water partition coefficient (Wildman–Crippen LogP) is 2.95. The Morgan fingerprint density at radius 1 is 1.33 bits per heavy atom. The van der Waals surface area contributed by atoms with Gasteiger partial charge in [-0.3, -0.25) is 0 Å². The van der Waals surface area contributed by atoms with Crippen LogP contribution in [0.5, 0.6) is 0 Å². The third-order valence-corrected chi connectivity index (χ3v) is 2.18. The second kappa shape index (κ2) is 9.49. The molecule has 0 bridgehead atoms. The Kier molecular flexibility index (Phi) is 9.80. The van der Waals surface area contributed by atoms with E-state index in [-0.39, 0.29) is 6.29 Å². The van der Waals surface area contributed by atoms with Crippen molar-refractivity contribution in [1.82, 2.24) is 0 Å². The highest BCUT2D eigenvalue weighted by Gasteiger charge is 2.04. The van der Waals surface area contributed by atoms with Gasteiger partial charge in [0.05, 0.1) is 0 Å². The first-order valence-electron chi connectivity index (χ1n) is 4.55. The summed E-state index contributed by atoms with van der Waals surface area (Å²) in [4.78, 5) is 0. The Balaban J connectivity index is 3.19. The molecule has 0 radical (unpaired) electrons. The van der Waals surface area contributed by atoms with E-state index in [9.17, 15) is 0 Å². The van der Waals surface area contributed by atoms with Crippen molar-refractivity contribution >= 4 is 15.9 Å². The molecule has 0 fully saturated rings. The lowest BCUT2D eigenvalue weighted by molar-refractivity contribution is -0.127. The van der Waals surface area contributed by atoms with Gasteiger partial charge in [-0.2, -0.15) is 0 Å². The molecular weight excluding hydrogens is 220 g/mol. The fraction of sp³-hybridized carbons (Fsp3) is 1.00. The molecule has 0 aromatic heterocycles. The van der Waals surface area contributed by atoms with E-state index in [1.54, 1.807) is 7.11 Å². The number of methoxy groups -OCH3 is 1. The van der Waals surface area contributed by atoms with Gasteiger partial charge in [0.15, 0.2) is 6.29 Å². The summed E-state index contributed by atoms with van der Waals surface area (Å²) in [6, 6.07) is 0. The van der Waals surface area contributed by atoms with Crippen molar-refractivity contribution in [1.29, 1.82) is 0 Å². The van der Waals surface area contributed by atoms with Gasteiger partial charge in [-0.15, -0.1) is 0 Å². The monoisotopic (exact) mass is 238 g/mol. The number of hydrogen-bond donors (Lipinski definition) is 0. The van der Waals surface area contributed by atoms with Gasteiger partial charge in [0.1, 0.15) is 0 Å². The molecule has 0 amide bonds. The average Bonchev–Trinajstić information content (AvgIpc) is 2.10. The van der Waals surface area contributed by atoms with Crippen LogP contribution in [0, 0.1) is 0 Å². The lowest BCUT2D eigenvalue weighted by Crippen LogP contribution is -2.15. The SMILES string of the molecule is CCCC(OC)OCCCCBr. The molecule has 2 nitrogen and oxygen atoms in total. The zero-order valence-electron chi connectivity index (χ0n) is 8.01. The summed E-state index contributed by atoms with van der Waals surface area (Å²) in [6.45, 7) is 2.94. The fourth-order valence-electron chi connectivity index (χ4n) is 0.916. The van der Waals surface area contributed by atoms with Crippen LogP contribution >= 0.6 is 15.9 Å². The smallest absolute Gasteiger partial charge is 0.157 e. The number of rotatable bonds is 8. The third-order valence-electron chi connectivity index (χ3n) is 1.62. The van der Waals surface area contributed by atoms with Crippen LogP contribution in [0.1, 0.15) is 32.6 Å². The minimum Gasteiger partial charge on any atom is -0.356 e. The molecule has 1 unspecified atom stereocenters. The summed E-state index contributed by atoms with van der Waals surface area (Å²) in [7, 11) is 1.70. The van der Waals surface area contributed by atoms with Crippen LogP contribution in [-0.4, -0.2) is 25.3 Å². The summed E-state index contributed by atoms with van der Waals surface area (Å²) in [5, 5.41) is 1.06. The molecule has 74 valence electrons. The first kappa shape index (κ1) is 12.4. The molecule has 0 heterocycles. The molecule has 0 N–H and O–H groups in total. The van der Waals surface area contributed by atoms with Crippen molar-refractivity contribution in [2.24, 2.45) is 0 Å². The largest absolute Gasteiger partial charge is 0.356 e. The van der Waals surface area contributed by atoms with Gasteiger partial charge in [0, 0.05) is 19.0 Å². The Bertz CT molecular complexity index is 88.6. The first-order valence-corrected chi connectivity index (χ1v) is 5.67. The second-order valence-electron chi connectivity index (χ2n) is 2.72. The summed E-state index contributed by atoms with van der Waals surface area (Å²) in [5.74, 6) is 0. The lowest BCUT2D eigenvalue weighted by Gasteiger charge is -2.14. The summed E-state index contributed by atoms with van der Waals surface area (Å²) < 4.78 is 10.6. The normalized spacial score (nSPS) is 13.2. The number of alkyl halides is 1. The Morgan fingerprint density at radius 3 is 2.58 bits per heavy atom. The van der Waals surface area contributed by atoms with Crippen molar-refractivity contribution in [3.8, 4) is 0 Å². The van der Waals surface area contributed by atoms with Crippen LogP contribution < -0.4 is 0 Å². The van der Waals surface area contributed by atoms with Crippen molar-refractivity contribution in [3.05, 3.63) is 0 Å². The molecule has 12 heavy (non-hydrogen) atoms. The van der Waals surface area contributed by atoms with E-state index in [1.165, 1.54) is 6.42 Å². The molecule has 0 spiro atoms. The minimum atomic E-state index is 0.00493. The van der Waals surface area contributed by atoms with E-state index < -0.39 is 0 Å². The molecule has 0 aliphatic heterocycles. The van der Waals surface area contributed by atoms with Crippen molar-refractivity contribution < 1.29 is 9.47 Å². The highest BCUT2D eigenvalue weighted by Crippen LogP contribution is 2.04. The molecule has 0 saturated heterocycles. The van der Waals surface area contributed by atoms with E-state index >= 15 is 0 Å². The van der Waals surface area contributed by atoms with Gasteiger partial charge in [-0.05, 0) is 19.3 Å². The van der Waals surface area contributed by atoms with Gasteiger partial charge >= 0.3 is 0 Å². The molecule has 0 rings (SSSR count). The molecule has 0 aliphatic carbocycles. The van der Waals surface area contributed by atoms with Crippen molar-refractivity contribution in [2.75, 3.05) is 19.0 Å². The molecule has 1 atom stereocenters. The lowest BCUT2D eigenvalue weighted by atomic mass is 10.3. The molecule has 0 aliphatic rings. The fourth-order valence-corrected chi connectivity index (χ4v) is 1.31. The van der Waals surface area contributed by atoms with E-state index in [2.05, 4.69) is 22.9 Å². The molecule has 0 aromatic rings. The Hall–Kier alpha value is 0.400. The standard InChI is InChI=1S/C9H19BrO2/c1-3-6-9(11-2)12-8-5-4-7-10/h9H,3-8H2,1-2H3. The van der Waals surface area contributed by atoms with Crippen LogP contribution in [0.3, 0.4) is 0 Å². The maximum absolute atomic E-state index is 5.49. The van der Waals surface area contributed by atoms with Gasteiger partial charge in [-0.1, -0.05) is 29.3 Å². The average molecular weight is 239 g/mol. The van der Waals surface area contributed by atoms with Gasteiger partial charge in [-0.25, -0.2) is 0 Å². The maximum atomic E-state index is 5.49.